The van der Waals surface area contributed by atoms with Gasteiger partial charge in [0.2, 0.25) is 5.95 Å². The van der Waals surface area contributed by atoms with Gasteiger partial charge in [0.1, 0.15) is 0 Å². The molecule has 0 N–H and O–H groups in total. The van der Waals surface area contributed by atoms with Crippen molar-refractivity contribution in [3.05, 3.63) is 206 Å². The van der Waals surface area contributed by atoms with Crippen molar-refractivity contribution in [3.8, 4) is 62.5 Å². The minimum absolute atomic E-state index is 0.575. The standard InChI is InChI=1S/C53H33N5/c54-34-35-12-11-15-41(30-35)48-33-47(38-13-3-1-4-14-38)55-53(56-48)58-50-21-10-8-19-44(50)46-32-40(27-29-52(46)58)37-24-22-36(23-25-37)39-26-28-51-45(31-39)43-18-7-9-20-49(43)57(51)42-16-5-2-6-17-42/h1-33H. The van der Waals surface area contributed by atoms with Crippen molar-refractivity contribution < 1.29 is 0 Å². The van der Waals surface area contributed by atoms with E-state index in [1.54, 1.807) is 0 Å². The van der Waals surface area contributed by atoms with Gasteiger partial charge in [-0.25, -0.2) is 9.97 Å². The first-order chi connectivity index (χ1) is 28.7. The Kier molecular flexibility index (Phi) is 7.80. The summed E-state index contributed by atoms with van der Waals surface area (Å²) < 4.78 is 4.51. The zero-order valence-electron chi connectivity index (χ0n) is 31.3. The van der Waals surface area contributed by atoms with E-state index < -0.39 is 0 Å². The van der Waals surface area contributed by atoms with Crippen LogP contribution in [0, 0.1) is 11.3 Å². The van der Waals surface area contributed by atoms with Crippen LogP contribution in [-0.4, -0.2) is 19.1 Å². The number of rotatable bonds is 6. The molecular weight excluding hydrogens is 707 g/mol. The maximum atomic E-state index is 9.67. The Labute approximate surface area is 335 Å². The monoisotopic (exact) mass is 739 g/mol. The predicted octanol–water partition coefficient (Wildman–Crippen LogP) is 13.2. The van der Waals surface area contributed by atoms with Gasteiger partial charge < -0.3 is 4.57 Å². The molecule has 0 saturated carbocycles. The van der Waals surface area contributed by atoms with E-state index in [0.717, 1.165) is 61.1 Å². The topological polar surface area (TPSA) is 59.4 Å². The molecule has 0 unspecified atom stereocenters. The molecule has 0 aliphatic rings. The second-order valence-corrected chi connectivity index (χ2v) is 14.6. The van der Waals surface area contributed by atoms with Crippen LogP contribution >= 0.6 is 0 Å². The number of hydrogen-bond donors (Lipinski definition) is 0. The van der Waals surface area contributed by atoms with Crippen LogP contribution in [0.15, 0.2) is 200 Å². The zero-order chi connectivity index (χ0) is 38.6. The van der Waals surface area contributed by atoms with Gasteiger partial charge in [0.15, 0.2) is 0 Å². The van der Waals surface area contributed by atoms with E-state index in [-0.39, 0.29) is 0 Å². The van der Waals surface area contributed by atoms with E-state index in [1.165, 1.54) is 32.9 Å². The molecule has 270 valence electrons. The predicted molar refractivity (Wildman–Crippen MR) is 237 cm³/mol. The summed E-state index contributed by atoms with van der Waals surface area (Å²) in [4.78, 5) is 10.3. The zero-order valence-corrected chi connectivity index (χ0v) is 31.3. The van der Waals surface area contributed by atoms with Gasteiger partial charge in [-0.3, -0.25) is 4.57 Å². The molecular formula is C53H33N5. The van der Waals surface area contributed by atoms with E-state index in [2.05, 4.69) is 167 Å². The Morgan fingerprint density at radius 1 is 0.345 bits per heavy atom. The minimum Gasteiger partial charge on any atom is -0.309 e. The molecule has 5 nitrogen and oxygen atoms in total. The summed E-state index contributed by atoms with van der Waals surface area (Å²) >= 11 is 0. The number of aromatic nitrogens is 4. The largest absolute Gasteiger partial charge is 0.309 e. The van der Waals surface area contributed by atoms with Crippen molar-refractivity contribution in [1.82, 2.24) is 19.1 Å². The van der Waals surface area contributed by atoms with Crippen LogP contribution in [-0.2, 0) is 0 Å². The van der Waals surface area contributed by atoms with Crippen LogP contribution in [0.1, 0.15) is 5.56 Å². The molecule has 5 heteroatoms. The van der Waals surface area contributed by atoms with E-state index in [4.69, 9.17) is 9.97 Å². The maximum absolute atomic E-state index is 9.67. The third-order valence-corrected chi connectivity index (χ3v) is 11.2. The van der Waals surface area contributed by atoms with Gasteiger partial charge in [0.05, 0.1) is 45.1 Å². The number of fused-ring (bicyclic) bond motifs is 6. The average molecular weight is 740 g/mol. The van der Waals surface area contributed by atoms with E-state index in [1.807, 2.05) is 48.5 Å². The first-order valence-electron chi connectivity index (χ1n) is 19.4. The molecule has 0 spiro atoms. The van der Waals surface area contributed by atoms with E-state index in [9.17, 15) is 5.26 Å². The van der Waals surface area contributed by atoms with Gasteiger partial charge in [-0.05, 0) is 89.0 Å². The Morgan fingerprint density at radius 3 is 1.45 bits per heavy atom. The number of para-hydroxylation sites is 3. The highest BCUT2D eigenvalue weighted by Crippen LogP contribution is 2.38. The first-order valence-corrected chi connectivity index (χ1v) is 19.4. The van der Waals surface area contributed by atoms with E-state index in [0.29, 0.717) is 11.5 Å². The summed E-state index contributed by atoms with van der Waals surface area (Å²) in [6.45, 7) is 0. The number of benzene rings is 8. The Morgan fingerprint density at radius 2 is 0.828 bits per heavy atom. The summed E-state index contributed by atoms with van der Waals surface area (Å²) in [6.07, 6.45) is 0. The molecule has 0 bridgehead atoms. The smallest absolute Gasteiger partial charge is 0.235 e. The second kappa shape index (κ2) is 13.6. The molecule has 0 fully saturated rings. The minimum atomic E-state index is 0.575. The molecule has 3 aromatic heterocycles. The van der Waals surface area contributed by atoms with Crippen LogP contribution in [0.25, 0.3) is 100 Å². The molecule has 8 aromatic carbocycles. The molecule has 0 saturated heterocycles. The van der Waals surface area contributed by atoms with Crippen molar-refractivity contribution in [3.63, 3.8) is 0 Å². The van der Waals surface area contributed by atoms with Crippen LogP contribution in [0.4, 0.5) is 0 Å². The molecule has 0 amide bonds. The van der Waals surface area contributed by atoms with Crippen molar-refractivity contribution in [1.29, 1.82) is 5.26 Å². The highest BCUT2D eigenvalue weighted by molar-refractivity contribution is 6.11. The summed E-state index contributed by atoms with van der Waals surface area (Å²) in [7, 11) is 0. The van der Waals surface area contributed by atoms with Crippen LogP contribution in [0.3, 0.4) is 0 Å². The van der Waals surface area contributed by atoms with Gasteiger partial charge >= 0.3 is 0 Å². The Hall–Kier alpha value is -8.07. The van der Waals surface area contributed by atoms with Gasteiger partial charge in [0.25, 0.3) is 0 Å². The average Bonchev–Trinajstić information content (AvgIpc) is 3.82. The Bertz CT molecular complexity index is 3390. The lowest BCUT2D eigenvalue weighted by Crippen LogP contribution is -2.04. The SMILES string of the molecule is N#Cc1cccc(-c2cc(-c3ccccc3)nc(-n3c4ccccc4c4cc(-c5ccc(-c6ccc7c(c6)c6ccccc6n7-c6ccccc6)cc5)ccc43)n2)c1. The molecule has 0 radical (unpaired) electrons. The molecule has 58 heavy (non-hydrogen) atoms. The van der Waals surface area contributed by atoms with E-state index >= 15 is 0 Å². The van der Waals surface area contributed by atoms with Crippen molar-refractivity contribution >= 4 is 43.6 Å². The fraction of sp³-hybridized carbons (Fsp3) is 0. The normalized spacial score (nSPS) is 11.4. The van der Waals surface area contributed by atoms with Crippen LogP contribution in [0.5, 0.6) is 0 Å². The first kappa shape index (κ1) is 33.3. The molecule has 11 rings (SSSR count). The van der Waals surface area contributed by atoms with Crippen molar-refractivity contribution in [2.24, 2.45) is 0 Å². The van der Waals surface area contributed by atoms with Gasteiger partial charge in [-0.2, -0.15) is 5.26 Å². The number of nitrogens with zero attached hydrogens (tertiary/aromatic N) is 5. The quantitative estimate of drug-likeness (QED) is 0.171. The van der Waals surface area contributed by atoms with Gasteiger partial charge in [-0.1, -0.05) is 133 Å². The maximum Gasteiger partial charge on any atom is 0.235 e. The third kappa shape index (κ3) is 5.55. The molecule has 3 heterocycles. The number of hydrogen-bond acceptors (Lipinski definition) is 3. The highest BCUT2D eigenvalue weighted by atomic mass is 15.2. The Balaban J connectivity index is 1.00. The molecule has 0 atom stereocenters. The van der Waals surface area contributed by atoms with Crippen LogP contribution < -0.4 is 0 Å². The summed E-state index contributed by atoms with van der Waals surface area (Å²) in [5.41, 5.74) is 14.3. The van der Waals surface area contributed by atoms with Crippen LogP contribution in [0.2, 0.25) is 0 Å². The lowest BCUT2D eigenvalue weighted by Gasteiger charge is -2.12. The van der Waals surface area contributed by atoms with Crippen molar-refractivity contribution in [2.75, 3.05) is 0 Å². The molecule has 0 aliphatic carbocycles. The van der Waals surface area contributed by atoms with Gasteiger partial charge in [-0.15, -0.1) is 0 Å². The highest BCUT2D eigenvalue weighted by Gasteiger charge is 2.18. The summed E-state index contributed by atoms with van der Waals surface area (Å²) in [6, 6.07) is 72.1. The fourth-order valence-corrected chi connectivity index (χ4v) is 8.42. The lowest BCUT2D eigenvalue weighted by atomic mass is 9.98. The second-order valence-electron chi connectivity index (χ2n) is 14.6. The fourth-order valence-electron chi connectivity index (χ4n) is 8.42. The van der Waals surface area contributed by atoms with Crippen molar-refractivity contribution in [2.45, 2.75) is 0 Å². The summed E-state index contributed by atoms with van der Waals surface area (Å²) in [5.74, 6) is 0.575. The molecule has 11 aromatic rings. The third-order valence-electron chi connectivity index (χ3n) is 11.2. The molecule has 0 aliphatic heterocycles. The lowest BCUT2D eigenvalue weighted by molar-refractivity contribution is 0.995. The number of nitriles is 1. The van der Waals surface area contributed by atoms with Gasteiger partial charge in [0, 0.05) is 38.4 Å². The summed E-state index contributed by atoms with van der Waals surface area (Å²) in [5, 5.41) is 14.4.